The van der Waals surface area contributed by atoms with Crippen LogP contribution in [0.4, 0.5) is 5.69 Å². The Labute approximate surface area is 87.2 Å². The Bertz CT molecular complexity index is 299. The predicted octanol–water partition coefficient (Wildman–Crippen LogP) is 2.59. The van der Waals surface area contributed by atoms with Crippen LogP contribution in [0.3, 0.4) is 0 Å². The van der Waals surface area contributed by atoms with Crippen LogP contribution >= 0.6 is 0 Å². The van der Waals surface area contributed by atoms with E-state index >= 15 is 0 Å². The monoisotopic (exact) mass is 209 g/mol. The summed E-state index contributed by atoms with van der Waals surface area (Å²) in [5.74, 6) is 0. The van der Waals surface area contributed by atoms with Gasteiger partial charge in [-0.2, -0.15) is 0 Å². The first-order valence-electron chi connectivity index (χ1n) is 5.02. The first-order chi connectivity index (χ1) is 6.53. The molecule has 2 nitrogen and oxygen atoms in total. The molecule has 0 aliphatic heterocycles. The lowest BCUT2D eigenvalue weighted by Gasteiger charge is -2.21. The number of hydrogen-bond acceptors (Lipinski definition) is 2. The zero-order valence-corrected chi connectivity index (χ0v) is 10.2. The molecule has 0 spiro atoms. The maximum atomic E-state index is 5.77. The molecule has 1 aromatic rings. The van der Waals surface area contributed by atoms with E-state index in [1.807, 2.05) is 25.1 Å². The number of anilines is 1. The van der Waals surface area contributed by atoms with Crippen LogP contribution in [0.5, 0.6) is 0 Å². The van der Waals surface area contributed by atoms with Crippen LogP contribution in [0.15, 0.2) is 24.3 Å². The highest BCUT2D eigenvalue weighted by Crippen LogP contribution is 2.15. The van der Waals surface area contributed by atoms with Gasteiger partial charge in [-0.1, -0.05) is 12.1 Å². The molecule has 1 aromatic carbocycles. The molecule has 0 aromatic heterocycles. The molecule has 0 unspecified atom stereocenters. The van der Waals surface area contributed by atoms with E-state index in [2.05, 4.69) is 19.2 Å². The van der Waals surface area contributed by atoms with Gasteiger partial charge in [-0.3, -0.25) is 0 Å². The summed E-state index contributed by atoms with van der Waals surface area (Å²) in [7, 11) is -1.52. The van der Waals surface area contributed by atoms with E-state index in [0.29, 0.717) is 0 Å². The van der Waals surface area contributed by atoms with E-state index in [9.17, 15) is 0 Å². The van der Waals surface area contributed by atoms with Gasteiger partial charge in [0.15, 0.2) is 8.32 Å². The highest BCUT2D eigenvalue weighted by molar-refractivity contribution is 6.70. The molecular weight excluding hydrogens is 190 g/mol. The standard InChI is InChI=1S/C11H19NOSi/c1-4-13-14(2,3)9-10-6-5-7-11(12)8-10/h5-8H,4,9,12H2,1-3H3. The predicted molar refractivity (Wildman–Crippen MR) is 63.7 cm³/mol. The average molecular weight is 209 g/mol. The number of rotatable bonds is 4. The fourth-order valence-electron chi connectivity index (χ4n) is 1.64. The van der Waals surface area contributed by atoms with E-state index in [4.69, 9.17) is 10.2 Å². The van der Waals surface area contributed by atoms with Crippen molar-refractivity contribution >= 4 is 14.0 Å². The van der Waals surface area contributed by atoms with E-state index in [1.165, 1.54) is 5.56 Å². The lowest BCUT2D eigenvalue weighted by Crippen LogP contribution is -2.33. The quantitative estimate of drug-likeness (QED) is 0.611. The second-order valence-electron chi connectivity index (χ2n) is 4.11. The second-order valence-corrected chi connectivity index (χ2v) is 8.28. The largest absolute Gasteiger partial charge is 0.417 e. The minimum absolute atomic E-state index is 0.807. The lowest BCUT2D eigenvalue weighted by atomic mass is 10.2. The molecule has 0 bridgehead atoms. The Morgan fingerprint density at radius 1 is 1.36 bits per heavy atom. The van der Waals surface area contributed by atoms with E-state index in [1.54, 1.807) is 0 Å². The van der Waals surface area contributed by atoms with Crippen molar-refractivity contribution < 1.29 is 4.43 Å². The number of hydrogen-bond donors (Lipinski definition) is 1. The van der Waals surface area contributed by atoms with Crippen molar-refractivity contribution in [1.29, 1.82) is 0 Å². The minimum atomic E-state index is -1.52. The lowest BCUT2D eigenvalue weighted by molar-refractivity contribution is 0.328. The molecule has 0 saturated heterocycles. The van der Waals surface area contributed by atoms with Crippen molar-refractivity contribution in [1.82, 2.24) is 0 Å². The van der Waals surface area contributed by atoms with Crippen LogP contribution in [0.2, 0.25) is 13.1 Å². The third-order valence-electron chi connectivity index (χ3n) is 2.12. The molecule has 0 heterocycles. The summed E-state index contributed by atoms with van der Waals surface area (Å²) >= 11 is 0. The topological polar surface area (TPSA) is 35.2 Å². The molecule has 0 fully saturated rings. The SMILES string of the molecule is CCO[Si](C)(C)Cc1cccc(N)c1. The van der Waals surface area contributed by atoms with Crippen LogP contribution in [-0.4, -0.2) is 14.9 Å². The van der Waals surface area contributed by atoms with Gasteiger partial charge in [0.2, 0.25) is 0 Å². The van der Waals surface area contributed by atoms with Gasteiger partial charge in [-0.05, 0) is 43.8 Å². The van der Waals surface area contributed by atoms with Gasteiger partial charge < -0.3 is 10.2 Å². The Morgan fingerprint density at radius 3 is 2.64 bits per heavy atom. The van der Waals surface area contributed by atoms with Crippen molar-refractivity contribution in [3.63, 3.8) is 0 Å². The van der Waals surface area contributed by atoms with Crippen molar-refractivity contribution in [2.45, 2.75) is 26.1 Å². The Kier molecular flexibility index (Phi) is 3.72. The van der Waals surface area contributed by atoms with E-state index in [0.717, 1.165) is 18.3 Å². The van der Waals surface area contributed by atoms with Crippen LogP contribution in [-0.2, 0) is 10.5 Å². The van der Waals surface area contributed by atoms with Crippen molar-refractivity contribution in [3.05, 3.63) is 29.8 Å². The van der Waals surface area contributed by atoms with E-state index < -0.39 is 8.32 Å². The third-order valence-corrected chi connectivity index (χ3v) is 4.45. The maximum absolute atomic E-state index is 5.77. The average Bonchev–Trinajstić information content (AvgIpc) is 2.02. The Hall–Kier alpha value is -0.803. The normalized spacial score (nSPS) is 11.6. The van der Waals surface area contributed by atoms with Crippen LogP contribution in [0.1, 0.15) is 12.5 Å². The highest BCUT2D eigenvalue weighted by Gasteiger charge is 2.21. The second kappa shape index (κ2) is 4.62. The van der Waals surface area contributed by atoms with Gasteiger partial charge in [0.25, 0.3) is 0 Å². The van der Waals surface area contributed by atoms with Crippen molar-refractivity contribution in [2.75, 3.05) is 12.3 Å². The molecule has 0 amide bonds. The Balaban J connectivity index is 2.68. The van der Waals surface area contributed by atoms with Crippen molar-refractivity contribution in [2.24, 2.45) is 0 Å². The van der Waals surface area contributed by atoms with Gasteiger partial charge in [-0.15, -0.1) is 0 Å². The molecule has 14 heavy (non-hydrogen) atoms. The molecule has 2 N–H and O–H groups in total. The molecule has 3 heteroatoms. The zero-order chi connectivity index (χ0) is 10.6. The zero-order valence-electron chi connectivity index (χ0n) is 9.21. The summed E-state index contributed by atoms with van der Waals surface area (Å²) in [4.78, 5) is 0. The van der Waals surface area contributed by atoms with Crippen molar-refractivity contribution in [3.8, 4) is 0 Å². The highest BCUT2D eigenvalue weighted by atomic mass is 28.4. The summed E-state index contributed by atoms with van der Waals surface area (Å²) in [6, 6.07) is 9.10. The van der Waals surface area contributed by atoms with Gasteiger partial charge in [0.05, 0.1) is 0 Å². The molecule has 0 atom stereocenters. The Morgan fingerprint density at radius 2 is 2.07 bits per heavy atom. The van der Waals surface area contributed by atoms with Crippen LogP contribution < -0.4 is 5.73 Å². The summed E-state index contributed by atoms with van der Waals surface area (Å²) < 4.78 is 5.77. The smallest absolute Gasteiger partial charge is 0.190 e. The first-order valence-corrected chi connectivity index (χ1v) is 8.13. The molecule has 0 saturated carbocycles. The molecule has 0 aliphatic carbocycles. The van der Waals surface area contributed by atoms with Gasteiger partial charge in [0.1, 0.15) is 0 Å². The molecular formula is C11H19NOSi. The molecule has 0 radical (unpaired) electrons. The summed E-state index contributed by atoms with van der Waals surface area (Å²) in [6.45, 7) is 7.33. The van der Waals surface area contributed by atoms with Gasteiger partial charge in [-0.25, -0.2) is 0 Å². The first kappa shape index (κ1) is 11.3. The summed E-state index contributed by atoms with van der Waals surface area (Å²) in [5, 5.41) is 0. The molecule has 1 rings (SSSR count). The summed E-state index contributed by atoms with van der Waals surface area (Å²) in [5.41, 5.74) is 7.85. The van der Waals surface area contributed by atoms with Crippen LogP contribution in [0.25, 0.3) is 0 Å². The number of nitrogen functional groups attached to an aromatic ring is 1. The fraction of sp³-hybridized carbons (Fsp3) is 0.455. The van der Waals surface area contributed by atoms with Gasteiger partial charge >= 0.3 is 0 Å². The number of nitrogens with two attached hydrogens (primary N) is 1. The van der Waals surface area contributed by atoms with E-state index in [-0.39, 0.29) is 0 Å². The molecule has 0 aliphatic rings. The molecule has 78 valence electrons. The minimum Gasteiger partial charge on any atom is -0.417 e. The van der Waals surface area contributed by atoms with Crippen LogP contribution in [0, 0.1) is 0 Å². The van der Waals surface area contributed by atoms with Gasteiger partial charge in [0, 0.05) is 12.3 Å². The third kappa shape index (κ3) is 3.52. The maximum Gasteiger partial charge on any atom is 0.190 e. The number of benzene rings is 1. The fourth-order valence-corrected chi connectivity index (χ4v) is 3.72. The summed E-state index contributed by atoms with van der Waals surface area (Å²) in [6.07, 6.45) is 0.